The summed E-state index contributed by atoms with van der Waals surface area (Å²) in [4.78, 5) is 16.4. The lowest BCUT2D eigenvalue weighted by molar-refractivity contribution is -0.118. The molecule has 4 aromatic rings. The first kappa shape index (κ1) is 21.5. The fourth-order valence-electron chi connectivity index (χ4n) is 2.96. The number of benzene rings is 2. The number of aromatic nitrogens is 4. The van der Waals surface area contributed by atoms with Crippen molar-refractivity contribution in [2.24, 2.45) is 5.10 Å². The van der Waals surface area contributed by atoms with Crippen LogP contribution in [0.2, 0.25) is 0 Å². The molecule has 32 heavy (non-hydrogen) atoms. The van der Waals surface area contributed by atoms with E-state index < -0.39 is 0 Å². The number of aryl methyl sites for hydroxylation is 2. The van der Waals surface area contributed by atoms with E-state index in [0.29, 0.717) is 10.9 Å². The number of carbonyl (C=O) groups is 1. The molecule has 2 aromatic heterocycles. The predicted octanol–water partition coefficient (Wildman–Crippen LogP) is 4.19. The highest BCUT2D eigenvalue weighted by atomic mass is 32.2. The van der Waals surface area contributed by atoms with Crippen molar-refractivity contribution in [1.29, 1.82) is 0 Å². The molecule has 0 atom stereocenters. The van der Waals surface area contributed by atoms with Crippen LogP contribution in [0.15, 0.2) is 83.2 Å². The lowest BCUT2D eigenvalue weighted by Crippen LogP contribution is -2.20. The minimum Gasteiger partial charge on any atom is -0.272 e. The summed E-state index contributed by atoms with van der Waals surface area (Å²) in [5.74, 6) is 0.639. The summed E-state index contributed by atoms with van der Waals surface area (Å²) in [6.07, 6.45) is 3.18. The lowest BCUT2D eigenvalue weighted by atomic mass is 10.1. The highest BCUT2D eigenvalue weighted by molar-refractivity contribution is 7.99. The smallest absolute Gasteiger partial charge is 0.250 e. The third kappa shape index (κ3) is 5.28. The van der Waals surface area contributed by atoms with Gasteiger partial charge >= 0.3 is 0 Å². The first-order valence-corrected chi connectivity index (χ1v) is 11.0. The van der Waals surface area contributed by atoms with E-state index in [9.17, 15) is 4.79 Å². The number of nitrogens with zero attached hydrogens (tertiary/aromatic N) is 5. The van der Waals surface area contributed by atoms with Crippen LogP contribution in [0.4, 0.5) is 0 Å². The summed E-state index contributed by atoms with van der Waals surface area (Å²) in [6, 6.07) is 21.8. The molecule has 2 aromatic carbocycles. The quantitative estimate of drug-likeness (QED) is 0.264. The van der Waals surface area contributed by atoms with Gasteiger partial charge in [0.05, 0.1) is 17.7 Å². The molecule has 4 rings (SSSR count). The van der Waals surface area contributed by atoms with Gasteiger partial charge in [-0.05, 0) is 38.1 Å². The van der Waals surface area contributed by atoms with Gasteiger partial charge in [0.15, 0.2) is 11.0 Å². The third-order valence-electron chi connectivity index (χ3n) is 4.64. The average Bonchev–Trinajstić information content (AvgIpc) is 3.23. The van der Waals surface area contributed by atoms with Gasteiger partial charge < -0.3 is 0 Å². The van der Waals surface area contributed by atoms with E-state index in [4.69, 9.17) is 0 Å². The van der Waals surface area contributed by atoms with Crippen molar-refractivity contribution in [2.45, 2.75) is 19.0 Å². The highest BCUT2D eigenvalue weighted by Crippen LogP contribution is 2.28. The predicted molar refractivity (Wildman–Crippen MR) is 127 cm³/mol. The Morgan fingerprint density at radius 2 is 1.72 bits per heavy atom. The van der Waals surface area contributed by atoms with E-state index in [2.05, 4.69) is 25.7 Å². The van der Waals surface area contributed by atoms with Crippen LogP contribution in [0.3, 0.4) is 0 Å². The van der Waals surface area contributed by atoms with Gasteiger partial charge in [-0.1, -0.05) is 65.4 Å². The molecule has 160 valence electrons. The van der Waals surface area contributed by atoms with Gasteiger partial charge in [-0.15, -0.1) is 10.2 Å². The number of pyridine rings is 1. The maximum absolute atomic E-state index is 12.3. The van der Waals surface area contributed by atoms with Crippen LogP contribution in [0.1, 0.15) is 16.8 Å². The molecule has 7 nitrogen and oxygen atoms in total. The first-order valence-electron chi connectivity index (χ1n) is 10.1. The number of hydrogen-bond donors (Lipinski definition) is 1. The molecular weight excluding hydrogens is 420 g/mol. The molecule has 0 fully saturated rings. The number of nitrogens with one attached hydrogen (secondary N) is 1. The Bertz CT molecular complexity index is 1220. The summed E-state index contributed by atoms with van der Waals surface area (Å²) in [6.45, 7) is 4.09. The fourth-order valence-corrected chi connectivity index (χ4v) is 3.71. The molecule has 1 amide bonds. The van der Waals surface area contributed by atoms with E-state index in [1.165, 1.54) is 23.5 Å². The van der Waals surface area contributed by atoms with Crippen LogP contribution in [-0.2, 0) is 4.79 Å². The van der Waals surface area contributed by atoms with Crippen molar-refractivity contribution in [1.82, 2.24) is 25.2 Å². The van der Waals surface area contributed by atoms with Crippen LogP contribution < -0.4 is 5.43 Å². The molecule has 0 aliphatic rings. The zero-order chi connectivity index (χ0) is 22.3. The van der Waals surface area contributed by atoms with Gasteiger partial charge in [0, 0.05) is 17.4 Å². The van der Waals surface area contributed by atoms with E-state index in [0.717, 1.165) is 22.6 Å². The van der Waals surface area contributed by atoms with Crippen molar-refractivity contribution >= 4 is 23.9 Å². The average molecular weight is 443 g/mol. The topological polar surface area (TPSA) is 85.1 Å². The van der Waals surface area contributed by atoms with Crippen molar-refractivity contribution in [3.05, 3.63) is 89.7 Å². The lowest BCUT2D eigenvalue weighted by Gasteiger charge is -2.11. The maximum atomic E-state index is 12.3. The first-order chi connectivity index (χ1) is 15.6. The molecule has 2 heterocycles. The maximum Gasteiger partial charge on any atom is 0.250 e. The molecule has 0 radical (unpaired) electrons. The zero-order valence-corrected chi connectivity index (χ0v) is 18.6. The van der Waals surface area contributed by atoms with E-state index >= 15 is 0 Å². The molecule has 0 aliphatic carbocycles. The largest absolute Gasteiger partial charge is 0.272 e. The van der Waals surface area contributed by atoms with Crippen LogP contribution in [0.5, 0.6) is 0 Å². The zero-order valence-electron chi connectivity index (χ0n) is 17.8. The summed E-state index contributed by atoms with van der Waals surface area (Å²) in [5.41, 5.74) is 7.43. The number of hydrazone groups is 1. The van der Waals surface area contributed by atoms with Gasteiger partial charge in [-0.25, -0.2) is 5.43 Å². The minimum absolute atomic E-state index is 0.150. The van der Waals surface area contributed by atoms with Gasteiger partial charge in [0.2, 0.25) is 0 Å². The molecule has 0 bridgehead atoms. The van der Waals surface area contributed by atoms with Crippen molar-refractivity contribution in [2.75, 3.05) is 5.75 Å². The molecule has 0 saturated carbocycles. The molecular formula is C24H22N6OS. The second-order valence-corrected chi connectivity index (χ2v) is 8.12. The molecule has 8 heteroatoms. The Morgan fingerprint density at radius 1 is 1.00 bits per heavy atom. The number of amides is 1. The van der Waals surface area contributed by atoms with Crippen LogP contribution in [-0.4, -0.2) is 37.6 Å². The second kappa shape index (κ2) is 10.0. The van der Waals surface area contributed by atoms with Crippen molar-refractivity contribution < 1.29 is 4.79 Å². The third-order valence-corrected chi connectivity index (χ3v) is 5.57. The molecule has 1 N–H and O–H groups in total. The monoisotopic (exact) mass is 442 g/mol. The number of rotatable bonds is 7. The second-order valence-electron chi connectivity index (χ2n) is 7.18. The Hall–Kier alpha value is -3.78. The van der Waals surface area contributed by atoms with Crippen molar-refractivity contribution in [3.8, 4) is 17.1 Å². The van der Waals surface area contributed by atoms with E-state index in [1.54, 1.807) is 12.3 Å². The number of hydrogen-bond acceptors (Lipinski definition) is 6. The standard InChI is InChI=1S/C24H22N6OS/c1-17-6-10-19(11-7-17)23-28-29-24(30(23)21-12-8-18(2)9-13-21)32-16-22(31)27-26-15-20-5-3-4-14-25-20/h3-15H,16H2,1-2H3,(H,27,31)/b26-15+. The van der Waals surface area contributed by atoms with Crippen LogP contribution >= 0.6 is 11.8 Å². The Kier molecular flexibility index (Phi) is 6.72. The molecule has 0 unspecified atom stereocenters. The molecule has 0 spiro atoms. The van der Waals surface area contributed by atoms with Crippen LogP contribution in [0, 0.1) is 13.8 Å². The summed E-state index contributed by atoms with van der Waals surface area (Å²) < 4.78 is 1.97. The molecule has 0 saturated heterocycles. The Morgan fingerprint density at radius 3 is 2.41 bits per heavy atom. The van der Waals surface area contributed by atoms with E-state index in [-0.39, 0.29) is 11.7 Å². The van der Waals surface area contributed by atoms with Gasteiger partial charge in [-0.2, -0.15) is 5.10 Å². The fraction of sp³-hybridized carbons (Fsp3) is 0.125. The van der Waals surface area contributed by atoms with Crippen LogP contribution in [0.25, 0.3) is 17.1 Å². The van der Waals surface area contributed by atoms with E-state index in [1.807, 2.05) is 79.1 Å². The number of carbonyl (C=O) groups excluding carboxylic acids is 1. The highest BCUT2D eigenvalue weighted by Gasteiger charge is 2.17. The van der Waals surface area contributed by atoms with Gasteiger partial charge in [0.1, 0.15) is 0 Å². The minimum atomic E-state index is -0.238. The SMILES string of the molecule is Cc1ccc(-c2nnc(SCC(=O)N/N=C/c3ccccn3)n2-c2ccc(C)cc2)cc1. The van der Waals surface area contributed by atoms with Gasteiger partial charge in [0.25, 0.3) is 5.91 Å². The number of thioether (sulfide) groups is 1. The normalized spacial score (nSPS) is 11.1. The van der Waals surface area contributed by atoms with Gasteiger partial charge in [-0.3, -0.25) is 14.3 Å². The van der Waals surface area contributed by atoms with Crippen molar-refractivity contribution in [3.63, 3.8) is 0 Å². The Labute approximate surface area is 190 Å². The summed E-state index contributed by atoms with van der Waals surface area (Å²) in [5, 5.41) is 13.4. The Balaban J connectivity index is 1.53. The summed E-state index contributed by atoms with van der Waals surface area (Å²) >= 11 is 1.31. The molecule has 0 aliphatic heterocycles. The summed E-state index contributed by atoms with van der Waals surface area (Å²) in [7, 11) is 0.